The minimum Gasteiger partial charge on any atom is -0.504 e. The summed E-state index contributed by atoms with van der Waals surface area (Å²) in [6.45, 7) is 0. The zero-order valence-corrected chi connectivity index (χ0v) is 13.7. The smallest absolute Gasteiger partial charge is 0.207 e. The van der Waals surface area contributed by atoms with Crippen LogP contribution in [-0.4, -0.2) is 38.3 Å². The van der Waals surface area contributed by atoms with Gasteiger partial charge in [-0.2, -0.15) is 0 Å². The number of ether oxygens (including phenoxy) is 4. The van der Waals surface area contributed by atoms with E-state index in [0.717, 1.165) is 5.56 Å². The van der Waals surface area contributed by atoms with E-state index < -0.39 is 6.10 Å². The van der Waals surface area contributed by atoms with E-state index >= 15 is 0 Å². The highest BCUT2D eigenvalue weighted by molar-refractivity contribution is 6.05. The maximum absolute atomic E-state index is 12.6. The molecule has 0 aliphatic carbocycles. The molecule has 1 aliphatic rings. The third-order valence-electron chi connectivity index (χ3n) is 3.98. The molecule has 0 aromatic heterocycles. The number of ketones is 1. The number of carbonyl (C=O) groups excluding carboxylic acids is 1. The molecule has 1 N–H and O–H groups in total. The Labute approximate surface area is 139 Å². The van der Waals surface area contributed by atoms with E-state index in [1.165, 1.54) is 21.3 Å². The quantitative estimate of drug-likeness (QED) is 0.908. The Morgan fingerprint density at radius 3 is 2.38 bits per heavy atom. The number of fused-ring (bicyclic) bond motifs is 1. The molecule has 0 saturated carbocycles. The molecule has 0 fully saturated rings. The van der Waals surface area contributed by atoms with Crippen LogP contribution in [0.4, 0.5) is 0 Å². The maximum Gasteiger partial charge on any atom is 0.207 e. The zero-order chi connectivity index (χ0) is 17.3. The molecule has 2 aromatic carbocycles. The van der Waals surface area contributed by atoms with E-state index in [-0.39, 0.29) is 11.5 Å². The second-order valence-electron chi connectivity index (χ2n) is 5.36. The van der Waals surface area contributed by atoms with Crippen molar-refractivity contribution in [3.63, 3.8) is 0 Å². The van der Waals surface area contributed by atoms with Gasteiger partial charge >= 0.3 is 0 Å². The Balaban J connectivity index is 1.87. The van der Waals surface area contributed by atoms with Gasteiger partial charge in [0.05, 0.1) is 26.9 Å². The van der Waals surface area contributed by atoms with Crippen LogP contribution in [0.5, 0.6) is 28.7 Å². The number of methoxy groups -OCH3 is 3. The van der Waals surface area contributed by atoms with Gasteiger partial charge in [-0.25, -0.2) is 0 Å². The lowest BCUT2D eigenvalue weighted by atomic mass is 10.0. The molecule has 6 nitrogen and oxygen atoms in total. The summed E-state index contributed by atoms with van der Waals surface area (Å²) in [6, 6.07) is 8.36. The molecule has 0 bridgehead atoms. The number of aromatic hydroxyl groups is 1. The molecule has 24 heavy (non-hydrogen) atoms. The second-order valence-corrected chi connectivity index (χ2v) is 5.36. The van der Waals surface area contributed by atoms with Crippen LogP contribution < -0.4 is 18.9 Å². The van der Waals surface area contributed by atoms with Gasteiger partial charge in [0.25, 0.3) is 0 Å². The zero-order valence-electron chi connectivity index (χ0n) is 13.7. The van der Waals surface area contributed by atoms with Crippen molar-refractivity contribution in [1.82, 2.24) is 0 Å². The molecular weight excluding hydrogens is 312 g/mol. The lowest BCUT2D eigenvalue weighted by Gasteiger charge is -2.13. The van der Waals surface area contributed by atoms with E-state index in [0.29, 0.717) is 35.0 Å². The fraction of sp³-hybridized carbons (Fsp3) is 0.278. The normalized spacial score (nSPS) is 15.6. The highest BCUT2D eigenvalue weighted by Gasteiger charge is 2.36. The molecule has 1 unspecified atom stereocenters. The molecule has 6 heteroatoms. The lowest BCUT2D eigenvalue weighted by molar-refractivity contribution is 0.0855. The topological polar surface area (TPSA) is 74.2 Å². The first-order valence-electron chi connectivity index (χ1n) is 7.40. The third-order valence-corrected chi connectivity index (χ3v) is 3.98. The lowest BCUT2D eigenvalue weighted by Crippen LogP contribution is -2.23. The molecule has 1 heterocycles. The molecule has 0 amide bonds. The number of phenolic OH excluding ortho intramolecular Hbond substituents is 1. The van der Waals surface area contributed by atoms with Crippen LogP contribution in [0.2, 0.25) is 0 Å². The van der Waals surface area contributed by atoms with E-state index in [4.69, 9.17) is 18.9 Å². The van der Waals surface area contributed by atoms with Crippen LogP contribution in [0, 0.1) is 0 Å². The Morgan fingerprint density at radius 1 is 1.04 bits per heavy atom. The van der Waals surface area contributed by atoms with Crippen LogP contribution in [0.25, 0.3) is 0 Å². The van der Waals surface area contributed by atoms with Gasteiger partial charge in [-0.15, -0.1) is 0 Å². The van der Waals surface area contributed by atoms with Crippen molar-refractivity contribution in [2.24, 2.45) is 0 Å². The predicted octanol–water partition coefficient (Wildman–Crippen LogP) is 2.60. The van der Waals surface area contributed by atoms with Crippen molar-refractivity contribution in [3.8, 4) is 28.7 Å². The van der Waals surface area contributed by atoms with Crippen molar-refractivity contribution in [2.45, 2.75) is 12.5 Å². The summed E-state index contributed by atoms with van der Waals surface area (Å²) < 4.78 is 21.4. The van der Waals surface area contributed by atoms with Gasteiger partial charge < -0.3 is 24.1 Å². The van der Waals surface area contributed by atoms with Crippen molar-refractivity contribution < 1.29 is 28.8 Å². The van der Waals surface area contributed by atoms with Crippen LogP contribution in [0.1, 0.15) is 15.9 Å². The number of hydrogen-bond donors (Lipinski definition) is 1. The summed E-state index contributed by atoms with van der Waals surface area (Å²) in [6.07, 6.45) is -0.343. The molecule has 0 radical (unpaired) electrons. The Kier molecular flexibility index (Phi) is 4.20. The molecule has 3 rings (SSSR count). The van der Waals surface area contributed by atoms with Crippen molar-refractivity contribution in [2.75, 3.05) is 21.3 Å². The van der Waals surface area contributed by atoms with Crippen LogP contribution in [-0.2, 0) is 6.42 Å². The van der Waals surface area contributed by atoms with E-state index in [2.05, 4.69) is 0 Å². The molecular formula is C18H18O6. The fourth-order valence-corrected chi connectivity index (χ4v) is 2.79. The Morgan fingerprint density at radius 2 is 1.75 bits per heavy atom. The van der Waals surface area contributed by atoms with Gasteiger partial charge in [0.1, 0.15) is 0 Å². The van der Waals surface area contributed by atoms with Gasteiger partial charge in [-0.05, 0) is 29.8 Å². The molecule has 1 aliphatic heterocycles. The molecule has 0 saturated heterocycles. The maximum atomic E-state index is 12.6. The summed E-state index contributed by atoms with van der Waals surface area (Å²) in [7, 11) is 4.51. The van der Waals surface area contributed by atoms with E-state index in [9.17, 15) is 9.90 Å². The molecule has 0 spiro atoms. The number of Topliss-reactive ketones (excluding diaryl/α,β-unsaturated/α-hetero) is 1. The monoisotopic (exact) mass is 330 g/mol. The minimum atomic E-state index is -0.672. The van der Waals surface area contributed by atoms with Crippen LogP contribution in [0.15, 0.2) is 30.3 Å². The number of rotatable bonds is 5. The summed E-state index contributed by atoms with van der Waals surface area (Å²) in [5.74, 6) is 1.59. The number of benzene rings is 2. The van der Waals surface area contributed by atoms with Crippen molar-refractivity contribution in [3.05, 3.63) is 41.5 Å². The van der Waals surface area contributed by atoms with Gasteiger partial charge in [-0.1, -0.05) is 6.07 Å². The average Bonchev–Trinajstić information content (AvgIpc) is 2.90. The number of carbonyl (C=O) groups is 1. The Hall–Kier alpha value is -2.89. The van der Waals surface area contributed by atoms with Crippen LogP contribution in [0.3, 0.4) is 0 Å². The van der Waals surface area contributed by atoms with Gasteiger partial charge in [0.15, 0.2) is 29.1 Å². The summed E-state index contributed by atoms with van der Waals surface area (Å²) in [5, 5.41) is 9.87. The molecule has 2 aromatic rings. The van der Waals surface area contributed by atoms with Gasteiger partial charge in [0.2, 0.25) is 11.5 Å². The average molecular weight is 330 g/mol. The number of phenols is 1. The standard InChI is InChI=1S/C18H18O6/c1-21-13-6-4-10(8-12(13)19)9-15-16(20)11-5-7-14(22-2)18(23-3)17(11)24-15/h4-8,15,19H,9H2,1-3H3. The highest BCUT2D eigenvalue weighted by Crippen LogP contribution is 2.44. The van der Waals surface area contributed by atoms with Crippen molar-refractivity contribution in [1.29, 1.82) is 0 Å². The largest absolute Gasteiger partial charge is 0.504 e. The minimum absolute atomic E-state index is 0.0252. The van der Waals surface area contributed by atoms with E-state index in [1.54, 1.807) is 30.3 Å². The summed E-state index contributed by atoms with van der Waals surface area (Å²) in [4.78, 5) is 12.6. The Bertz CT molecular complexity index is 783. The van der Waals surface area contributed by atoms with Crippen LogP contribution >= 0.6 is 0 Å². The SMILES string of the molecule is COc1ccc(CC2Oc3c(ccc(OC)c3OC)C2=O)cc1O. The number of hydrogen-bond acceptors (Lipinski definition) is 6. The van der Waals surface area contributed by atoms with Crippen molar-refractivity contribution >= 4 is 5.78 Å². The summed E-state index contributed by atoms with van der Waals surface area (Å²) in [5.41, 5.74) is 1.24. The first kappa shape index (κ1) is 16.0. The molecule has 1 atom stereocenters. The predicted molar refractivity (Wildman–Crippen MR) is 86.7 cm³/mol. The van der Waals surface area contributed by atoms with Gasteiger partial charge in [0, 0.05) is 6.42 Å². The first-order chi connectivity index (χ1) is 11.6. The van der Waals surface area contributed by atoms with Gasteiger partial charge in [-0.3, -0.25) is 4.79 Å². The fourth-order valence-electron chi connectivity index (χ4n) is 2.79. The second kappa shape index (κ2) is 6.31. The van der Waals surface area contributed by atoms with E-state index in [1.807, 2.05) is 0 Å². The first-order valence-corrected chi connectivity index (χ1v) is 7.40. The highest BCUT2D eigenvalue weighted by atomic mass is 16.5. The third kappa shape index (κ3) is 2.60. The molecule has 126 valence electrons. The summed E-state index contributed by atoms with van der Waals surface area (Å²) >= 11 is 0.